The number of esters is 1. The molecule has 2 saturated heterocycles. The molecule has 10 N–H and O–H groups in total. The second kappa shape index (κ2) is 50.4. The number of allylic oxidation sites excluding steroid dienone is 2. The van der Waals surface area contributed by atoms with Crippen LogP contribution in [-0.2, 0) is 53.5 Å². The predicted octanol–water partition coefficient (Wildman–Crippen LogP) is 0.470. The Morgan fingerprint density at radius 1 is 0.622 bits per heavy atom. The van der Waals surface area contributed by atoms with Gasteiger partial charge < -0.3 is 58.2 Å². The van der Waals surface area contributed by atoms with Crippen molar-refractivity contribution in [3.8, 4) is 0 Å². The maximum absolute atomic E-state index is 11.6. The maximum atomic E-state index is 11.6. The summed E-state index contributed by atoms with van der Waals surface area (Å²) in [5, 5.41) is 61.3. The van der Waals surface area contributed by atoms with Crippen molar-refractivity contribution in [1.82, 2.24) is 0 Å². The topological polar surface area (TPSA) is 385 Å². The summed E-state index contributed by atoms with van der Waals surface area (Å²) in [5.41, 5.74) is 5.46. The molecule has 12 aliphatic carbocycles. The average Bonchev–Trinajstić information content (AvgIpc) is 1.06. The van der Waals surface area contributed by atoms with Gasteiger partial charge in [-0.2, -0.15) is 8.42 Å². The van der Waals surface area contributed by atoms with E-state index in [1.807, 2.05) is 13.6 Å². The van der Waals surface area contributed by atoms with E-state index in [1.165, 1.54) is 97.2 Å². The molecule has 15 rings (SSSR count). The molecular weight excluding hydrogens is 1230 g/mol. The Kier molecular flexibility index (Phi) is 52.2. The SMILES string of the molecule is C.CN.CO.CO.CP.Cc1ccc(S(=O)(=O)O)cc1.O=C(O)C1CC2CC(O)CC(C2)C1.O=C(O)C1CC2CCCC(C2)C1.O=C(O)[C@H]1CC2C=CCC(C2)C1.O=C1C2CC3CC(C2)CC1C3.O=C1OC2CC3CC(C2)CC1C3.O=COO[O-].[2H]C.[H-].[Na+].[Na+].[Na+].[OH-]. The minimum Gasteiger partial charge on any atom is -1.00 e. The first-order chi connectivity index (χ1) is 41.2. The molecular formula is C64H111NNa3O20PS. The van der Waals surface area contributed by atoms with Crippen LogP contribution in [-0.4, -0.2) is 125 Å². The van der Waals surface area contributed by atoms with Gasteiger partial charge in [-0.1, -0.05) is 70.6 Å². The van der Waals surface area contributed by atoms with Crippen molar-refractivity contribution in [2.75, 3.05) is 27.9 Å². The van der Waals surface area contributed by atoms with Crippen LogP contribution in [0.3, 0.4) is 0 Å². The number of nitrogens with two attached hydrogens (primary N) is 1. The van der Waals surface area contributed by atoms with Crippen molar-refractivity contribution >= 4 is 55.5 Å². The van der Waals surface area contributed by atoms with E-state index in [9.17, 15) is 37.5 Å². The van der Waals surface area contributed by atoms with Crippen LogP contribution in [0.1, 0.15) is 184 Å². The second-order valence-corrected chi connectivity index (χ2v) is 26.4. The number of aliphatic hydroxyl groups excluding tert-OH is 3. The Morgan fingerprint density at radius 2 is 0.989 bits per heavy atom. The zero-order valence-electron chi connectivity index (χ0n) is 56.7. The van der Waals surface area contributed by atoms with Crippen LogP contribution in [0.2, 0.25) is 0 Å². The van der Waals surface area contributed by atoms with Crippen LogP contribution in [0, 0.1) is 102 Å². The van der Waals surface area contributed by atoms with Gasteiger partial charge in [-0.15, -0.1) is 9.24 Å². The predicted molar refractivity (Wildman–Crippen MR) is 332 cm³/mol. The summed E-state index contributed by atoms with van der Waals surface area (Å²) in [6, 6.07) is 5.99. The van der Waals surface area contributed by atoms with Crippen LogP contribution < -0.4 is 99.7 Å². The number of aliphatic carboxylic acids is 3. The van der Waals surface area contributed by atoms with Gasteiger partial charge in [0.05, 0.1) is 34.7 Å². The number of ketones is 1. The number of carboxylic acids is 3. The number of hydrogen-bond donors (Lipinski definition) is 8. The van der Waals surface area contributed by atoms with Crippen molar-refractivity contribution in [1.29, 1.82) is 0 Å². The van der Waals surface area contributed by atoms with E-state index in [0.717, 1.165) is 145 Å². The monoisotopic (exact) mass is 1350 g/mol. The first-order valence-corrected chi connectivity index (χ1v) is 33.1. The first-order valence-electron chi connectivity index (χ1n) is 31.5. The number of rotatable bonds is 6. The van der Waals surface area contributed by atoms with Crippen LogP contribution in [0.5, 0.6) is 0 Å². The van der Waals surface area contributed by atoms with Crippen molar-refractivity contribution in [2.45, 2.75) is 199 Å². The normalized spacial score (nSPS) is 32.5. The average molecular weight is 1350 g/mol. The molecule has 0 aromatic heterocycles. The Bertz CT molecular complexity index is 2250. The minimum absolute atomic E-state index is 0. The third kappa shape index (κ3) is 32.4. The standard InChI is InChI=1S/C10H16O3.C10H14O2.C10H16O2.C10H14O2.C10H14O.C7H8O3S.CH5N.CH2O4.2CH4O.CH5P.2CH4.3Na.H2O.H/c11-9-4-6-1-7(5-9)3-8(2-6)10(12)13;11-10-8-2-6-1-7(3-8)5-9(4-6)12-10;2*11-10(12)9-5-7-2-1-3-8(4-7)6-9;11-10-8-2-6-1-7(4-8)5-9(10)3-6;1-6-2-4-7(5-3-6)11(8,9)10;1-2;2-1-4-5-3;3*1-2;;;;;;;/h6-9,11H,1-5H2,(H,12,13);6-9H,1-5H2;7-9H,1-6H2,(H,11,12);1-2,7-9H,3-6H2,(H,11,12);6-9H,1-5H2;2-5H,1H3,(H,8,9,10);2H2,1H3;1,3H;2*2H,1H3;2H2,1H3;2*1H4;;;;1H2;/q;;;;;;;;;;;;;3*+1;;-1/p-2/t;;;7?,8?,9-;;;;;;;;;;;;;;/m...0............../s1/i;;;;;;;;;;;1D;;;;;;. The van der Waals surface area contributed by atoms with Gasteiger partial charge in [0.1, 0.15) is 11.9 Å². The fraction of sp³-hybridized carbons (Fsp3) is 0.781. The van der Waals surface area contributed by atoms with Gasteiger partial charge in [-0.25, -0.2) is 5.04 Å². The molecule has 11 saturated carbocycles. The molecule has 21 nitrogen and oxygen atoms in total. The molecule has 1 aromatic carbocycles. The van der Waals surface area contributed by atoms with Crippen LogP contribution in [0.25, 0.3) is 0 Å². The third-order valence-corrected chi connectivity index (χ3v) is 19.9. The Morgan fingerprint density at radius 3 is 1.37 bits per heavy atom. The molecule has 0 radical (unpaired) electrons. The largest absolute Gasteiger partial charge is 1.00 e. The summed E-state index contributed by atoms with van der Waals surface area (Å²) in [7, 11) is 3.15. The molecule has 90 heavy (non-hydrogen) atoms. The number of Topliss-reactive ketones (excluding diaryl/α,β-unsaturated/α-hetero) is 1. The van der Waals surface area contributed by atoms with E-state index in [2.05, 4.69) is 37.1 Å². The summed E-state index contributed by atoms with van der Waals surface area (Å²) in [4.78, 5) is 67.3. The molecule has 506 valence electrons. The van der Waals surface area contributed by atoms with Gasteiger partial charge in [-0.05, 0) is 227 Å². The number of ether oxygens (including phenoxy) is 1. The fourth-order valence-corrected chi connectivity index (χ4v) is 16.6. The Hall–Kier alpha value is -0.960. The molecule has 13 fully saturated rings. The number of aliphatic hydroxyl groups is 3. The van der Waals surface area contributed by atoms with Crippen LogP contribution in [0.4, 0.5) is 0 Å². The van der Waals surface area contributed by atoms with Crippen LogP contribution in [0.15, 0.2) is 41.3 Å². The summed E-state index contributed by atoms with van der Waals surface area (Å²) < 4.78 is 40.7. The first kappa shape index (κ1) is 93.2. The zero-order chi connectivity index (χ0) is 64.7. The number of carbonyl (C=O) groups excluding carboxylic acids is 3. The van der Waals surface area contributed by atoms with Gasteiger partial charge in [0.15, 0.2) is 0 Å². The molecule has 10 atom stereocenters. The molecule has 26 heteroatoms. The Balaban J connectivity index is -0.000000312. The van der Waals surface area contributed by atoms with E-state index in [0.29, 0.717) is 41.3 Å². The number of aryl methyl sites for hydroxylation is 1. The van der Waals surface area contributed by atoms with E-state index < -0.39 is 28.0 Å². The van der Waals surface area contributed by atoms with Crippen LogP contribution >= 0.6 is 9.24 Å². The Labute approximate surface area is 609 Å². The minimum atomic E-state index is -4.02. The van der Waals surface area contributed by atoms with Crippen molar-refractivity contribution < 1.29 is 189 Å². The van der Waals surface area contributed by atoms with Gasteiger partial charge in [-0.3, -0.25) is 33.3 Å². The van der Waals surface area contributed by atoms with Gasteiger partial charge in [0.25, 0.3) is 10.1 Å². The van der Waals surface area contributed by atoms with Gasteiger partial charge in [0, 0.05) is 27.4 Å². The molecule has 1 aromatic rings. The molecule has 2 heterocycles. The maximum Gasteiger partial charge on any atom is 1.00 e. The van der Waals surface area contributed by atoms with E-state index in [-0.39, 0.29) is 156 Å². The fourth-order valence-electron chi connectivity index (χ4n) is 16.2. The zero-order valence-corrected chi connectivity index (χ0v) is 62.6. The summed E-state index contributed by atoms with van der Waals surface area (Å²) in [6.07, 6.45) is 32.4. The number of fused-ring (bicyclic) bond motifs is 7. The van der Waals surface area contributed by atoms with Crippen molar-refractivity contribution in [3.63, 3.8) is 0 Å². The molecule has 14 aliphatic rings. The smallest absolute Gasteiger partial charge is 1.00 e. The summed E-state index contributed by atoms with van der Waals surface area (Å²) in [6.45, 7) is 3.65. The summed E-state index contributed by atoms with van der Waals surface area (Å²) >= 11 is 0. The summed E-state index contributed by atoms with van der Waals surface area (Å²) in [5.74, 6) is 7.04. The van der Waals surface area contributed by atoms with Gasteiger partial charge in [0.2, 0.25) is 0 Å². The van der Waals surface area contributed by atoms with Gasteiger partial charge >= 0.3 is 119 Å². The van der Waals surface area contributed by atoms with Crippen molar-refractivity contribution in [2.24, 2.45) is 100 Å². The quantitative estimate of drug-likeness (QED) is 0.0280. The number of carbonyl (C=O) groups is 6. The number of benzene rings is 1. The van der Waals surface area contributed by atoms with E-state index >= 15 is 0 Å². The van der Waals surface area contributed by atoms with E-state index in [4.69, 9.17) is 46.2 Å². The van der Waals surface area contributed by atoms with Crippen molar-refractivity contribution in [3.05, 3.63) is 42.0 Å². The molecule has 0 amide bonds. The number of hydrogen-bond acceptors (Lipinski definition) is 17. The number of carboxylic acid groups (broad SMARTS) is 3. The molecule has 9 unspecified atom stereocenters. The van der Waals surface area contributed by atoms with E-state index in [1.54, 1.807) is 12.1 Å². The molecule has 0 spiro atoms. The second-order valence-electron chi connectivity index (χ2n) is 25.0. The molecule has 14 bridgehead atoms. The molecule has 2 aliphatic heterocycles. The third-order valence-electron chi connectivity index (χ3n) is 19.1.